The SMILES string of the molecule is CC(C)Oc1cccc(-c2n[nH]c(=S)n2/N=C/c2ccc(O)cc2O)c1. The molecule has 0 radical (unpaired) electrons. The molecule has 0 aliphatic heterocycles. The third-order valence-corrected chi connectivity index (χ3v) is 3.70. The van der Waals surface area contributed by atoms with Crippen LogP contribution in [0, 0.1) is 4.77 Å². The highest BCUT2D eigenvalue weighted by Crippen LogP contribution is 2.24. The van der Waals surface area contributed by atoms with Crippen molar-refractivity contribution in [1.82, 2.24) is 14.9 Å². The van der Waals surface area contributed by atoms with Crippen LogP contribution in [0.5, 0.6) is 17.2 Å². The Morgan fingerprint density at radius 3 is 2.77 bits per heavy atom. The molecule has 2 aromatic carbocycles. The molecule has 0 aliphatic rings. The predicted octanol–water partition coefficient (Wildman–Crippen LogP) is 3.69. The van der Waals surface area contributed by atoms with Gasteiger partial charge in [0.25, 0.3) is 0 Å². The summed E-state index contributed by atoms with van der Waals surface area (Å²) in [6.07, 6.45) is 1.50. The second-order valence-corrected chi connectivity index (χ2v) is 6.23. The molecule has 7 nitrogen and oxygen atoms in total. The van der Waals surface area contributed by atoms with E-state index in [0.29, 0.717) is 16.2 Å². The summed E-state index contributed by atoms with van der Waals surface area (Å²) in [5.74, 6) is 1.12. The first-order chi connectivity index (χ1) is 12.4. The van der Waals surface area contributed by atoms with Crippen molar-refractivity contribution >= 4 is 18.4 Å². The Morgan fingerprint density at radius 2 is 2.04 bits per heavy atom. The normalized spacial score (nSPS) is 11.3. The van der Waals surface area contributed by atoms with E-state index in [2.05, 4.69) is 15.3 Å². The molecule has 3 aromatic rings. The van der Waals surface area contributed by atoms with Gasteiger partial charge in [-0.25, -0.2) is 5.10 Å². The van der Waals surface area contributed by atoms with Gasteiger partial charge in [0.15, 0.2) is 5.82 Å². The van der Waals surface area contributed by atoms with E-state index in [1.165, 1.54) is 23.0 Å². The maximum absolute atomic E-state index is 9.87. The number of H-pyrrole nitrogens is 1. The van der Waals surface area contributed by atoms with Gasteiger partial charge in [-0.1, -0.05) is 12.1 Å². The van der Waals surface area contributed by atoms with Gasteiger partial charge in [0.1, 0.15) is 17.2 Å². The van der Waals surface area contributed by atoms with Crippen LogP contribution in [0.25, 0.3) is 11.4 Å². The molecule has 3 rings (SSSR count). The molecule has 0 saturated carbocycles. The molecule has 134 valence electrons. The number of hydrogen-bond acceptors (Lipinski definition) is 6. The topological polar surface area (TPSA) is 95.7 Å². The molecular formula is C18H18N4O3S. The molecule has 1 aromatic heterocycles. The van der Waals surface area contributed by atoms with Gasteiger partial charge in [-0.05, 0) is 50.3 Å². The average molecular weight is 370 g/mol. The Morgan fingerprint density at radius 1 is 1.23 bits per heavy atom. The molecule has 0 aliphatic carbocycles. The zero-order valence-corrected chi connectivity index (χ0v) is 15.1. The number of aromatic hydroxyl groups is 2. The Labute approximate surface area is 155 Å². The number of rotatable bonds is 5. The lowest BCUT2D eigenvalue weighted by molar-refractivity contribution is 0.242. The van der Waals surface area contributed by atoms with E-state index in [1.807, 2.05) is 38.1 Å². The third kappa shape index (κ3) is 3.92. The van der Waals surface area contributed by atoms with Crippen LogP contribution in [0.1, 0.15) is 19.4 Å². The molecule has 1 heterocycles. The fourth-order valence-electron chi connectivity index (χ4n) is 2.33. The average Bonchev–Trinajstić information content (AvgIpc) is 2.94. The van der Waals surface area contributed by atoms with Crippen molar-refractivity contribution in [3.05, 3.63) is 52.8 Å². The highest BCUT2D eigenvalue weighted by atomic mass is 32.1. The minimum Gasteiger partial charge on any atom is -0.508 e. The molecule has 8 heteroatoms. The Balaban J connectivity index is 1.97. The number of ether oxygens (including phenoxy) is 1. The van der Waals surface area contributed by atoms with Crippen LogP contribution in [0.3, 0.4) is 0 Å². The van der Waals surface area contributed by atoms with E-state index in [0.717, 1.165) is 11.3 Å². The standard InChI is InChI=1S/C18H18N4O3S/c1-11(2)25-15-5-3-4-12(8-15)17-20-21-18(26)22(17)19-10-13-6-7-14(23)9-16(13)24/h3-11,23-24H,1-2H3,(H,21,26)/b19-10+. The molecule has 0 atom stereocenters. The van der Waals surface area contributed by atoms with E-state index < -0.39 is 0 Å². The number of phenols is 2. The van der Waals surface area contributed by atoms with Crippen LogP contribution in [0.4, 0.5) is 0 Å². The monoisotopic (exact) mass is 370 g/mol. The summed E-state index contributed by atoms with van der Waals surface area (Å²) in [5, 5.41) is 30.5. The van der Waals surface area contributed by atoms with Crippen molar-refractivity contribution in [2.45, 2.75) is 20.0 Å². The first kappa shape index (κ1) is 17.7. The van der Waals surface area contributed by atoms with Crippen LogP contribution in [0.15, 0.2) is 47.6 Å². The first-order valence-electron chi connectivity index (χ1n) is 7.95. The summed E-state index contributed by atoms with van der Waals surface area (Å²) in [7, 11) is 0. The van der Waals surface area contributed by atoms with Gasteiger partial charge in [-0.15, -0.1) is 0 Å². The Bertz CT molecular complexity index is 1010. The fraction of sp³-hybridized carbons (Fsp3) is 0.167. The predicted molar refractivity (Wildman–Crippen MR) is 101 cm³/mol. The number of benzene rings is 2. The Kier molecular flexibility index (Phi) is 5.04. The number of hydrogen-bond donors (Lipinski definition) is 3. The maximum atomic E-state index is 9.87. The van der Waals surface area contributed by atoms with Gasteiger partial charge in [0.05, 0.1) is 12.3 Å². The van der Waals surface area contributed by atoms with Crippen molar-refractivity contribution in [2.24, 2.45) is 5.10 Å². The summed E-state index contributed by atoms with van der Waals surface area (Å²) in [6.45, 7) is 3.91. The van der Waals surface area contributed by atoms with E-state index >= 15 is 0 Å². The second-order valence-electron chi connectivity index (χ2n) is 5.85. The van der Waals surface area contributed by atoms with Crippen molar-refractivity contribution in [3.63, 3.8) is 0 Å². The van der Waals surface area contributed by atoms with Crippen molar-refractivity contribution in [2.75, 3.05) is 0 Å². The third-order valence-electron chi connectivity index (χ3n) is 3.44. The van der Waals surface area contributed by atoms with Gasteiger partial charge >= 0.3 is 0 Å². The summed E-state index contributed by atoms with van der Waals surface area (Å²) in [4.78, 5) is 0. The lowest BCUT2D eigenvalue weighted by Crippen LogP contribution is -2.05. The van der Waals surface area contributed by atoms with Crippen molar-refractivity contribution < 1.29 is 14.9 Å². The van der Waals surface area contributed by atoms with Crippen molar-refractivity contribution in [1.29, 1.82) is 0 Å². The van der Waals surface area contributed by atoms with Crippen molar-refractivity contribution in [3.8, 4) is 28.6 Å². The number of phenolic OH excluding ortho intramolecular Hbond substituents is 2. The van der Waals surface area contributed by atoms with Gasteiger partial charge in [0, 0.05) is 17.2 Å². The molecule has 0 bridgehead atoms. The molecule has 0 saturated heterocycles. The summed E-state index contributed by atoms with van der Waals surface area (Å²) >= 11 is 5.24. The minimum absolute atomic E-state index is 0.0257. The van der Waals surface area contributed by atoms with E-state index in [-0.39, 0.29) is 17.6 Å². The molecule has 0 amide bonds. The van der Waals surface area contributed by atoms with Crippen LogP contribution in [0.2, 0.25) is 0 Å². The zero-order valence-electron chi connectivity index (χ0n) is 14.2. The number of aromatic amines is 1. The smallest absolute Gasteiger partial charge is 0.216 e. The molecule has 0 spiro atoms. The zero-order chi connectivity index (χ0) is 18.7. The molecule has 0 fully saturated rings. The fourth-order valence-corrected chi connectivity index (χ4v) is 2.51. The van der Waals surface area contributed by atoms with Gasteiger partial charge < -0.3 is 14.9 Å². The van der Waals surface area contributed by atoms with Crippen LogP contribution < -0.4 is 4.74 Å². The van der Waals surface area contributed by atoms with Gasteiger partial charge in [-0.3, -0.25) is 0 Å². The van der Waals surface area contributed by atoms with Gasteiger partial charge in [-0.2, -0.15) is 14.9 Å². The van der Waals surface area contributed by atoms with E-state index in [9.17, 15) is 10.2 Å². The Hall–Kier alpha value is -3.13. The second kappa shape index (κ2) is 7.40. The van der Waals surface area contributed by atoms with Gasteiger partial charge in [0.2, 0.25) is 4.77 Å². The van der Waals surface area contributed by atoms with Crippen LogP contribution in [-0.2, 0) is 0 Å². The van der Waals surface area contributed by atoms with E-state index in [4.69, 9.17) is 17.0 Å². The molecule has 3 N–H and O–H groups in total. The number of aromatic nitrogens is 3. The molecule has 0 unspecified atom stereocenters. The highest BCUT2D eigenvalue weighted by Gasteiger charge is 2.10. The molecule has 26 heavy (non-hydrogen) atoms. The van der Waals surface area contributed by atoms with E-state index in [1.54, 1.807) is 6.07 Å². The summed E-state index contributed by atoms with van der Waals surface area (Å²) in [5.41, 5.74) is 1.22. The van der Waals surface area contributed by atoms with Crippen LogP contribution in [-0.4, -0.2) is 37.4 Å². The van der Waals surface area contributed by atoms with Crippen LogP contribution >= 0.6 is 12.2 Å². The number of nitrogens with one attached hydrogen (secondary N) is 1. The summed E-state index contributed by atoms with van der Waals surface area (Å²) in [6, 6.07) is 11.7. The summed E-state index contributed by atoms with van der Waals surface area (Å²) < 4.78 is 7.48. The number of nitrogens with zero attached hydrogens (tertiary/aromatic N) is 3. The largest absolute Gasteiger partial charge is 0.508 e. The highest BCUT2D eigenvalue weighted by molar-refractivity contribution is 7.71. The molecular weight excluding hydrogens is 352 g/mol. The lowest BCUT2D eigenvalue weighted by atomic mass is 10.2. The lowest BCUT2D eigenvalue weighted by Gasteiger charge is -2.10. The first-order valence-corrected chi connectivity index (χ1v) is 8.35. The minimum atomic E-state index is -0.0855. The quantitative estimate of drug-likeness (QED) is 0.470. The maximum Gasteiger partial charge on any atom is 0.216 e.